The van der Waals surface area contributed by atoms with E-state index in [1.807, 2.05) is 18.7 Å². The minimum Gasteiger partial charge on any atom is -0.363 e. The van der Waals surface area contributed by atoms with Crippen molar-refractivity contribution >= 4 is 23.6 Å². The lowest BCUT2D eigenvalue weighted by atomic mass is 10.0. The number of nitrogens with one attached hydrogen (secondary N) is 1. The van der Waals surface area contributed by atoms with Gasteiger partial charge in [0.05, 0.1) is 18.2 Å². The van der Waals surface area contributed by atoms with E-state index in [2.05, 4.69) is 15.3 Å². The molecule has 0 radical (unpaired) electrons. The topological polar surface area (TPSA) is 81.7 Å². The van der Waals surface area contributed by atoms with E-state index < -0.39 is 23.6 Å². The van der Waals surface area contributed by atoms with Crippen LogP contribution < -0.4 is 10.2 Å². The number of rotatable bonds is 5. The van der Waals surface area contributed by atoms with Gasteiger partial charge in [0.2, 0.25) is 11.9 Å². The molecule has 12 heteroatoms. The van der Waals surface area contributed by atoms with Gasteiger partial charge in [-0.25, -0.2) is 9.37 Å². The summed E-state index contributed by atoms with van der Waals surface area (Å²) >= 11 is 0. The Hall–Kier alpha value is -3.44. The number of hydrogen-bond donors (Lipinski definition) is 1. The molecule has 0 aliphatic carbocycles. The van der Waals surface area contributed by atoms with Gasteiger partial charge in [0.25, 0.3) is 5.91 Å². The van der Waals surface area contributed by atoms with Gasteiger partial charge in [-0.2, -0.15) is 18.2 Å². The van der Waals surface area contributed by atoms with Crippen LogP contribution in [0.4, 0.5) is 29.3 Å². The zero-order chi connectivity index (χ0) is 26.4. The quantitative estimate of drug-likeness (QED) is 0.619. The maximum Gasteiger partial charge on any atom is 0.416 e. The van der Waals surface area contributed by atoms with Gasteiger partial charge in [0.1, 0.15) is 17.3 Å². The molecule has 1 unspecified atom stereocenters. The highest BCUT2D eigenvalue weighted by Gasteiger charge is 2.36. The van der Waals surface area contributed by atoms with Crippen LogP contribution >= 0.6 is 0 Å². The Kier molecular flexibility index (Phi) is 6.80. The first-order valence-corrected chi connectivity index (χ1v) is 11.7. The van der Waals surface area contributed by atoms with E-state index in [-0.39, 0.29) is 35.7 Å². The molecule has 0 spiro atoms. The molecule has 0 saturated carbocycles. The van der Waals surface area contributed by atoms with Crippen LogP contribution in [-0.2, 0) is 17.5 Å². The molecular formula is C24H28F4N6O2. The molecule has 1 atom stereocenters. The zero-order valence-corrected chi connectivity index (χ0v) is 20.5. The molecule has 36 heavy (non-hydrogen) atoms. The highest BCUT2D eigenvalue weighted by atomic mass is 19.4. The molecule has 2 aromatic rings. The number of carbonyl (C=O) groups is 2. The van der Waals surface area contributed by atoms with Crippen LogP contribution in [0, 0.1) is 5.82 Å². The molecule has 1 aromatic carbocycles. The summed E-state index contributed by atoms with van der Waals surface area (Å²) in [5, 5.41) is 3.10. The molecule has 3 heterocycles. The first-order chi connectivity index (χ1) is 16.9. The summed E-state index contributed by atoms with van der Waals surface area (Å²) in [5.74, 6) is -0.633. The van der Waals surface area contributed by atoms with Gasteiger partial charge in [-0.15, -0.1) is 0 Å². The predicted octanol–water partition coefficient (Wildman–Crippen LogP) is 3.84. The summed E-state index contributed by atoms with van der Waals surface area (Å²) in [6.07, 6.45) is -4.65. The van der Waals surface area contributed by atoms with E-state index in [0.717, 1.165) is 12.1 Å². The second-order valence-electron chi connectivity index (χ2n) is 9.32. The number of anilines is 2. The fourth-order valence-electron chi connectivity index (χ4n) is 4.41. The number of nitrogens with zero attached hydrogens (tertiary/aromatic N) is 5. The average Bonchev–Trinajstić information content (AvgIpc) is 3.15. The monoisotopic (exact) mass is 508 g/mol. The number of halogens is 4. The van der Waals surface area contributed by atoms with Crippen LogP contribution in [0.5, 0.6) is 0 Å². The number of alkyl halides is 3. The van der Waals surface area contributed by atoms with E-state index in [0.29, 0.717) is 49.6 Å². The Morgan fingerprint density at radius 3 is 2.31 bits per heavy atom. The number of carbonyl (C=O) groups excluding carboxylic acids is 2. The minimum absolute atomic E-state index is 0.0259. The molecule has 2 aliphatic heterocycles. The summed E-state index contributed by atoms with van der Waals surface area (Å²) in [6, 6.07) is 1.58. The Balaban J connectivity index is 1.66. The van der Waals surface area contributed by atoms with Crippen LogP contribution in [0.2, 0.25) is 0 Å². The summed E-state index contributed by atoms with van der Waals surface area (Å²) < 4.78 is 53.5. The van der Waals surface area contributed by atoms with Crippen molar-refractivity contribution in [2.75, 3.05) is 36.4 Å². The smallest absolute Gasteiger partial charge is 0.363 e. The first-order valence-electron chi connectivity index (χ1n) is 11.7. The Labute approximate surface area is 206 Å². The Morgan fingerprint density at radius 2 is 1.75 bits per heavy atom. The van der Waals surface area contributed by atoms with Crippen LogP contribution in [0.3, 0.4) is 0 Å². The van der Waals surface area contributed by atoms with Gasteiger partial charge in [-0.3, -0.25) is 9.59 Å². The molecule has 8 nitrogen and oxygen atoms in total. The van der Waals surface area contributed by atoms with Gasteiger partial charge < -0.3 is 20.0 Å². The van der Waals surface area contributed by atoms with Crippen molar-refractivity contribution in [1.29, 1.82) is 0 Å². The largest absolute Gasteiger partial charge is 0.416 e. The summed E-state index contributed by atoms with van der Waals surface area (Å²) in [5.41, 5.74) is -0.231. The average molecular weight is 509 g/mol. The maximum absolute atomic E-state index is 14.6. The second kappa shape index (κ2) is 9.55. The van der Waals surface area contributed by atoms with Crippen molar-refractivity contribution in [2.24, 2.45) is 0 Å². The predicted molar refractivity (Wildman–Crippen MR) is 125 cm³/mol. The standard InChI is InChI=1S/C24H28F4N6O2/c1-13(2)34-12-18-20(22(34)36)30-23(33-9-7-32(8-10-33)15(4)35)31-21(18)29-14(3)17-6-5-16(11-19(17)25)24(26,27)28/h5-6,11,13-14H,7-10,12H2,1-4H3,(H,29,30,31). The molecule has 1 N–H and O–H groups in total. The fourth-order valence-corrected chi connectivity index (χ4v) is 4.41. The van der Waals surface area contributed by atoms with Crippen molar-refractivity contribution in [2.45, 2.75) is 52.5 Å². The minimum atomic E-state index is -4.65. The fraction of sp³-hybridized carbons (Fsp3) is 0.500. The summed E-state index contributed by atoms with van der Waals surface area (Å²) in [6.45, 7) is 9.06. The van der Waals surface area contributed by atoms with E-state index in [1.54, 1.807) is 16.7 Å². The summed E-state index contributed by atoms with van der Waals surface area (Å²) in [7, 11) is 0. The van der Waals surface area contributed by atoms with Crippen molar-refractivity contribution in [3.05, 3.63) is 46.4 Å². The van der Waals surface area contributed by atoms with Gasteiger partial charge in [0, 0.05) is 50.3 Å². The molecule has 1 aromatic heterocycles. The highest BCUT2D eigenvalue weighted by Crippen LogP contribution is 2.35. The number of amides is 2. The Bertz CT molecular complexity index is 1180. The lowest BCUT2D eigenvalue weighted by Crippen LogP contribution is -2.48. The van der Waals surface area contributed by atoms with Crippen LogP contribution in [-0.4, -0.2) is 63.8 Å². The second-order valence-corrected chi connectivity index (χ2v) is 9.32. The third kappa shape index (κ3) is 4.93. The van der Waals surface area contributed by atoms with Crippen molar-refractivity contribution in [3.8, 4) is 0 Å². The molecule has 4 rings (SSSR count). The molecular weight excluding hydrogens is 480 g/mol. The molecule has 194 valence electrons. The number of aromatic nitrogens is 2. The molecule has 2 aliphatic rings. The number of benzene rings is 1. The number of fused-ring (bicyclic) bond motifs is 1. The van der Waals surface area contributed by atoms with Gasteiger partial charge in [-0.05, 0) is 32.9 Å². The summed E-state index contributed by atoms with van der Waals surface area (Å²) in [4.78, 5) is 39.2. The Morgan fingerprint density at radius 1 is 1.08 bits per heavy atom. The van der Waals surface area contributed by atoms with E-state index >= 15 is 0 Å². The van der Waals surface area contributed by atoms with Crippen molar-refractivity contribution in [1.82, 2.24) is 19.8 Å². The van der Waals surface area contributed by atoms with Gasteiger partial charge in [-0.1, -0.05) is 6.07 Å². The van der Waals surface area contributed by atoms with E-state index in [9.17, 15) is 27.2 Å². The van der Waals surface area contributed by atoms with Crippen LogP contribution in [0.1, 0.15) is 60.9 Å². The molecule has 2 amide bonds. The molecule has 0 bridgehead atoms. The molecule has 1 saturated heterocycles. The van der Waals surface area contributed by atoms with Crippen molar-refractivity contribution in [3.63, 3.8) is 0 Å². The van der Waals surface area contributed by atoms with Gasteiger partial charge >= 0.3 is 6.18 Å². The lowest BCUT2D eigenvalue weighted by molar-refractivity contribution is -0.137. The third-order valence-electron chi connectivity index (χ3n) is 6.57. The SMILES string of the molecule is CC(=O)N1CCN(c2nc(NC(C)c3ccc(C(F)(F)F)cc3F)c3c(n2)C(=O)N(C(C)C)C3)CC1. The molecule has 1 fully saturated rings. The van der Waals surface area contributed by atoms with Crippen molar-refractivity contribution < 1.29 is 27.2 Å². The number of hydrogen-bond acceptors (Lipinski definition) is 6. The van der Waals surface area contributed by atoms with Crippen LogP contribution in [0.25, 0.3) is 0 Å². The van der Waals surface area contributed by atoms with E-state index in [4.69, 9.17) is 0 Å². The third-order valence-corrected chi connectivity index (χ3v) is 6.57. The van der Waals surface area contributed by atoms with Gasteiger partial charge in [0.15, 0.2) is 0 Å². The highest BCUT2D eigenvalue weighted by molar-refractivity contribution is 5.98. The lowest BCUT2D eigenvalue weighted by Gasteiger charge is -2.34. The normalized spacial score (nSPS) is 17.0. The zero-order valence-electron chi connectivity index (χ0n) is 20.5. The number of piperazine rings is 1. The first kappa shape index (κ1) is 25.6. The van der Waals surface area contributed by atoms with Crippen LogP contribution in [0.15, 0.2) is 18.2 Å². The maximum atomic E-state index is 14.6. The van der Waals surface area contributed by atoms with E-state index in [1.165, 1.54) is 6.92 Å².